The highest BCUT2D eigenvalue weighted by atomic mass is 19.1. The fraction of sp³-hybridized carbons (Fsp3) is 0.357. The van der Waals surface area contributed by atoms with Crippen LogP contribution in [0.3, 0.4) is 0 Å². The molecule has 0 aromatic heterocycles. The Morgan fingerprint density at radius 2 is 2.00 bits per heavy atom. The number of carboxylic acids is 1. The average molecular weight is 249 g/mol. The van der Waals surface area contributed by atoms with Crippen molar-refractivity contribution in [2.24, 2.45) is 0 Å². The molecule has 0 bridgehead atoms. The van der Waals surface area contributed by atoms with Gasteiger partial charge in [-0.05, 0) is 38.5 Å². The molecule has 0 saturated carbocycles. The first kappa shape index (κ1) is 12.6. The second-order valence-electron chi connectivity index (χ2n) is 5.19. The van der Waals surface area contributed by atoms with Crippen molar-refractivity contribution in [3.05, 3.63) is 35.2 Å². The minimum Gasteiger partial charge on any atom is -0.478 e. The molecule has 1 aromatic rings. The third kappa shape index (κ3) is 1.78. The van der Waals surface area contributed by atoms with E-state index in [4.69, 9.17) is 5.11 Å². The fourth-order valence-electron chi connectivity index (χ4n) is 2.33. The first-order chi connectivity index (χ1) is 8.24. The Labute approximate surface area is 106 Å². The van der Waals surface area contributed by atoms with Crippen LogP contribution in [0.15, 0.2) is 18.2 Å². The molecule has 1 aliphatic heterocycles. The number of fused-ring (bicyclic) bond motifs is 1. The van der Waals surface area contributed by atoms with Gasteiger partial charge in [-0.3, -0.25) is 0 Å². The SMILES string of the molecule is CC1=CC(C)(C)N(C)c2cc(F)c(C(=O)O)cc21. The van der Waals surface area contributed by atoms with E-state index in [2.05, 4.69) is 6.08 Å². The predicted molar refractivity (Wildman–Crippen MR) is 69.5 cm³/mol. The van der Waals surface area contributed by atoms with Gasteiger partial charge < -0.3 is 10.0 Å². The molecule has 1 N–H and O–H groups in total. The third-order valence-electron chi connectivity index (χ3n) is 3.54. The number of hydrogen-bond donors (Lipinski definition) is 1. The van der Waals surface area contributed by atoms with E-state index in [1.807, 2.05) is 32.7 Å². The van der Waals surface area contributed by atoms with Crippen LogP contribution < -0.4 is 4.90 Å². The van der Waals surface area contributed by atoms with Gasteiger partial charge in [0, 0.05) is 18.3 Å². The van der Waals surface area contributed by atoms with Crippen LogP contribution in [-0.4, -0.2) is 23.7 Å². The Balaban J connectivity index is 2.70. The number of halogens is 1. The zero-order valence-corrected chi connectivity index (χ0v) is 10.9. The van der Waals surface area contributed by atoms with E-state index in [-0.39, 0.29) is 11.1 Å². The van der Waals surface area contributed by atoms with Crippen molar-refractivity contribution in [2.75, 3.05) is 11.9 Å². The van der Waals surface area contributed by atoms with Crippen LogP contribution in [0.2, 0.25) is 0 Å². The summed E-state index contributed by atoms with van der Waals surface area (Å²) in [6.45, 7) is 5.97. The quantitative estimate of drug-likeness (QED) is 0.831. The molecule has 0 aliphatic carbocycles. The highest BCUT2D eigenvalue weighted by Crippen LogP contribution is 2.38. The first-order valence-corrected chi connectivity index (χ1v) is 5.74. The van der Waals surface area contributed by atoms with Crippen molar-refractivity contribution < 1.29 is 14.3 Å². The lowest BCUT2D eigenvalue weighted by Gasteiger charge is -2.40. The Kier molecular flexibility index (Phi) is 2.69. The number of anilines is 1. The minimum absolute atomic E-state index is 0.214. The van der Waals surface area contributed by atoms with Crippen molar-refractivity contribution >= 4 is 17.2 Å². The van der Waals surface area contributed by atoms with Gasteiger partial charge in [-0.25, -0.2) is 9.18 Å². The number of benzene rings is 1. The first-order valence-electron chi connectivity index (χ1n) is 5.74. The molecule has 96 valence electrons. The summed E-state index contributed by atoms with van der Waals surface area (Å²) >= 11 is 0. The zero-order valence-electron chi connectivity index (χ0n) is 10.9. The lowest BCUT2D eigenvalue weighted by molar-refractivity contribution is 0.0692. The predicted octanol–water partition coefficient (Wildman–Crippen LogP) is 3.16. The topological polar surface area (TPSA) is 40.5 Å². The van der Waals surface area contributed by atoms with Gasteiger partial charge in [-0.1, -0.05) is 6.08 Å². The summed E-state index contributed by atoms with van der Waals surface area (Å²) in [5.41, 5.74) is 1.97. The molecule has 18 heavy (non-hydrogen) atoms. The van der Waals surface area contributed by atoms with Crippen molar-refractivity contribution in [3.63, 3.8) is 0 Å². The Morgan fingerprint density at radius 3 is 2.56 bits per heavy atom. The van der Waals surface area contributed by atoms with E-state index in [9.17, 15) is 9.18 Å². The van der Waals surface area contributed by atoms with Crippen molar-refractivity contribution in [1.29, 1.82) is 0 Å². The molecule has 0 amide bonds. The molecule has 1 heterocycles. The normalized spacial score (nSPS) is 17.2. The molecule has 1 aliphatic rings. The largest absolute Gasteiger partial charge is 0.478 e. The maximum atomic E-state index is 13.8. The van der Waals surface area contributed by atoms with Crippen LogP contribution in [0.5, 0.6) is 0 Å². The molecular formula is C14H16FNO2. The van der Waals surface area contributed by atoms with Crippen molar-refractivity contribution in [2.45, 2.75) is 26.3 Å². The molecular weight excluding hydrogens is 233 g/mol. The van der Waals surface area contributed by atoms with Gasteiger partial charge in [0.1, 0.15) is 5.82 Å². The van der Waals surface area contributed by atoms with E-state index < -0.39 is 11.8 Å². The van der Waals surface area contributed by atoms with Crippen molar-refractivity contribution in [3.8, 4) is 0 Å². The second-order valence-corrected chi connectivity index (χ2v) is 5.19. The number of allylic oxidation sites excluding steroid dienone is 1. The molecule has 4 heteroatoms. The molecule has 0 radical (unpaired) electrons. The molecule has 3 nitrogen and oxygen atoms in total. The summed E-state index contributed by atoms with van der Waals surface area (Å²) in [7, 11) is 1.88. The van der Waals surface area contributed by atoms with Crippen LogP contribution in [0.4, 0.5) is 10.1 Å². The number of nitrogens with zero attached hydrogens (tertiary/aromatic N) is 1. The van der Waals surface area contributed by atoms with Crippen LogP contribution in [0, 0.1) is 5.82 Å². The Bertz CT molecular complexity index is 561. The van der Waals surface area contributed by atoms with Gasteiger partial charge in [-0.15, -0.1) is 0 Å². The van der Waals surface area contributed by atoms with Gasteiger partial charge in [0.25, 0.3) is 0 Å². The maximum absolute atomic E-state index is 13.8. The zero-order chi connectivity index (χ0) is 13.7. The van der Waals surface area contributed by atoms with Crippen LogP contribution in [0.25, 0.3) is 5.57 Å². The lowest BCUT2D eigenvalue weighted by atomic mass is 9.88. The molecule has 0 unspecified atom stereocenters. The van der Waals surface area contributed by atoms with E-state index >= 15 is 0 Å². The molecule has 0 spiro atoms. The molecule has 0 fully saturated rings. The smallest absolute Gasteiger partial charge is 0.338 e. The fourth-order valence-corrected chi connectivity index (χ4v) is 2.33. The summed E-state index contributed by atoms with van der Waals surface area (Å²) < 4.78 is 13.8. The lowest BCUT2D eigenvalue weighted by Crippen LogP contribution is -2.42. The van der Waals surface area contributed by atoms with Gasteiger partial charge in [0.05, 0.1) is 11.1 Å². The molecule has 2 rings (SSSR count). The van der Waals surface area contributed by atoms with Gasteiger partial charge in [-0.2, -0.15) is 0 Å². The standard InChI is InChI=1S/C14H16FNO2/c1-8-7-14(2,3)16(4)12-6-11(15)10(13(17)18)5-9(8)12/h5-7H,1-4H3,(H,17,18). The monoisotopic (exact) mass is 249 g/mol. The summed E-state index contributed by atoms with van der Waals surface area (Å²) in [5, 5.41) is 8.95. The minimum atomic E-state index is -1.24. The highest BCUT2D eigenvalue weighted by molar-refractivity contribution is 5.92. The van der Waals surface area contributed by atoms with E-state index in [1.165, 1.54) is 12.1 Å². The number of aromatic carboxylic acids is 1. The van der Waals surface area contributed by atoms with Gasteiger partial charge >= 0.3 is 5.97 Å². The maximum Gasteiger partial charge on any atom is 0.338 e. The van der Waals surface area contributed by atoms with Crippen molar-refractivity contribution in [1.82, 2.24) is 0 Å². The van der Waals surface area contributed by atoms with Gasteiger partial charge in [0.15, 0.2) is 0 Å². The van der Waals surface area contributed by atoms with E-state index in [0.717, 1.165) is 16.8 Å². The number of carbonyl (C=O) groups is 1. The van der Waals surface area contributed by atoms with Crippen LogP contribution in [-0.2, 0) is 0 Å². The van der Waals surface area contributed by atoms with Gasteiger partial charge in [0.2, 0.25) is 0 Å². The Hall–Kier alpha value is -1.84. The van der Waals surface area contributed by atoms with Crippen LogP contribution >= 0.6 is 0 Å². The summed E-state index contributed by atoms with van der Waals surface area (Å²) in [4.78, 5) is 12.9. The van der Waals surface area contributed by atoms with Crippen LogP contribution in [0.1, 0.15) is 36.7 Å². The highest BCUT2D eigenvalue weighted by Gasteiger charge is 2.30. The molecule has 0 saturated heterocycles. The number of carboxylic acid groups (broad SMARTS) is 1. The molecule has 1 aromatic carbocycles. The number of likely N-dealkylation sites (N-methyl/N-ethyl adjacent to an activating group) is 1. The summed E-state index contributed by atoms with van der Waals surface area (Å²) in [5.74, 6) is -1.94. The van der Waals surface area contributed by atoms with E-state index in [0.29, 0.717) is 0 Å². The summed E-state index contributed by atoms with van der Waals surface area (Å²) in [6.07, 6.45) is 2.05. The summed E-state index contributed by atoms with van der Waals surface area (Å²) in [6, 6.07) is 2.71. The number of rotatable bonds is 1. The number of hydrogen-bond acceptors (Lipinski definition) is 2. The average Bonchev–Trinajstić information content (AvgIpc) is 2.24. The Morgan fingerprint density at radius 1 is 1.39 bits per heavy atom. The molecule has 0 atom stereocenters. The van der Waals surface area contributed by atoms with E-state index in [1.54, 1.807) is 0 Å². The second kappa shape index (κ2) is 3.83. The third-order valence-corrected chi connectivity index (χ3v) is 3.54.